The van der Waals surface area contributed by atoms with E-state index in [4.69, 9.17) is 0 Å². The number of aliphatic hydroxyl groups excluding tert-OH is 1. The number of benzene rings is 1. The van der Waals surface area contributed by atoms with E-state index in [1.54, 1.807) is 6.20 Å². The van der Waals surface area contributed by atoms with Gasteiger partial charge in [0.1, 0.15) is 0 Å². The van der Waals surface area contributed by atoms with E-state index in [0.717, 1.165) is 21.4 Å². The normalized spacial score (nSPS) is 21.6. The number of nitrogens with one attached hydrogen (secondary N) is 1. The third kappa shape index (κ3) is 2.00. The number of carbonyl (C=O) groups excluding carboxylic acids is 1. The summed E-state index contributed by atoms with van der Waals surface area (Å²) in [7, 11) is 0. The number of aromatic nitrogens is 1. The van der Waals surface area contributed by atoms with E-state index in [1.165, 1.54) is 11.8 Å². The Hall–Kier alpha value is -0.460. The van der Waals surface area contributed by atoms with Crippen molar-refractivity contribution in [2.24, 2.45) is 0 Å². The Balaban J connectivity index is 0.00000120. The second-order valence-corrected chi connectivity index (χ2v) is 5.25. The minimum absolute atomic E-state index is 0. The molecule has 0 saturated heterocycles. The van der Waals surface area contributed by atoms with Gasteiger partial charge in [0.2, 0.25) is 0 Å². The molecule has 18 heavy (non-hydrogen) atoms. The van der Waals surface area contributed by atoms with Crippen LogP contribution in [-0.2, 0) is 4.79 Å². The first-order chi connectivity index (χ1) is 8.22. The van der Waals surface area contributed by atoms with Crippen LogP contribution in [-0.4, -0.2) is 27.9 Å². The van der Waals surface area contributed by atoms with Crippen LogP contribution in [0.15, 0.2) is 29.3 Å². The number of H-pyrrole nitrogens is 1. The number of aliphatic hydroxyl groups is 1. The Bertz CT molecular complexity index is 598. The minimum Gasteiger partial charge on any atom is -0.549 e. The molecule has 0 unspecified atom stereocenters. The van der Waals surface area contributed by atoms with E-state index in [1.807, 2.05) is 18.2 Å². The van der Waals surface area contributed by atoms with Crippen LogP contribution in [0, 0.1) is 0 Å². The predicted octanol–water partition coefficient (Wildman–Crippen LogP) is -2.53. The first-order valence-corrected chi connectivity index (χ1v) is 6.18. The zero-order valence-electron chi connectivity index (χ0n) is 9.84. The van der Waals surface area contributed by atoms with Crippen molar-refractivity contribution in [1.29, 1.82) is 0 Å². The Morgan fingerprint density at radius 2 is 2.28 bits per heavy atom. The summed E-state index contributed by atoms with van der Waals surface area (Å²) in [5.74, 6) is -1.54. The molecule has 88 valence electrons. The van der Waals surface area contributed by atoms with Crippen LogP contribution in [0.25, 0.3) is 10.9 Å². The van der Waals surface area contributed by atoms with Crippen molar-refractivity contribution < 1.29 is 44.6 Å². The van der Waals surface area contributed by atoms with Gasteiger partial charge in [0.25, 0.3) is 0 Å². The monoisotopic (exact) mass is 271 g/mol. The summed E-state index contributed by atoms with van der Waals surface area (Å²) in [4.78, 5) is 15.2. The quantitative estimate of drug-likeness (QED) is 0.591. The van der Waals surface area contributed by atoms with Crippen LogP contribution < -0.4 is 34.7 Å². The summed E-state index contributed by atoms with van der Waals surface area (Å²) in [6, 6.07) is 5.72. The van der Waals surface area contributed by atoms with Gasteiger partial charge in [-0.05, 0) is 17.7 Å². The van der Waals surface area contributed by atoms with Gasteiger partial charge < -0.3 is 20.0 Å². The van der Waals surface area contributed by atoms with Crippen LogP contribution in [0.3, 0.4) is 0 Å². The molecule has 0 amide bonds. The number of aliphatic carboxylic acids is 1. The van der Waals surface area contributed by atoms with Gasteiger partial charge in [0.15, 0.2) is 0 Å². The molecule has 0 radical (unpaired) electrons. The molecule has 2 atom stereocenters. The number of aromatic amines is 1. The smallest absolute Gasteiger partial charge is 0.549 e. The molecule has 0 fully saturated rings. The van der Waals surface area contributed by atoms with Gasteiger partial charge >= 0.3 is 29.6 Å². The molecule has 1 aliphatic rings. The van der Waals surface area contributed by atoms with Crippen LogP contribution in [0.2, 0.25) is 0 Å². The van der Waals surface area contributed by atoms with Gasteiger partial charge in [0, 0.05) is 27.9 Å². The molecular weight excluding hydrogens is 261 g/mol. The largest absolute Gasteiger partial charge is 1.00 e. The Morgan fingerprint density at radius 1 is 1.50 bits per heavy atom. The molecule has 2 aromatic rings. The van der Waals surface area contributed by atoms with Crippen LogP contribution >= 0.6 is 11.8 Å². The second-order valence-electron chi connectivity index (χ2n) is 4.07. The van der Waals surface area contributed by atoms with Crippen LogP contribution in [0.5, 0.6) is 0 Å². The number of hydrogen-bond donors (Lipinski definition) is 2. The number of thioether (sulfide) groups is 1. The molecule has 0 aliphatic carbocycles. The fourth-order valence-corrected chi connectivity index (χ4v) is 3.63. The summed E-state index contributed by atoms with van der Waals surface area (Å²) >= 11 is 1.25. The van der Waals surface area contributed by atoms with Crippen molar-refractivity contribution in [3.8, 4) is 0 Å². The first kappa shape index (κ1) is 14.0. The maximum absolute atomic E-state index is 11.1. The molecule has 2 N–H and O–H groups in total. The topological polar surface area (TPSA) is 76.1 Å². The Labute approximate surface area is 130 Å². The van der Waals surface area contributed by atoms with Crippen molar-refractivity contribution in [2.75, 3.05) is 6.61 Å². The second kappa shape index (κ2) is 5.27. The van der Waals surface area contributed by atoms with Crippen molar-refractivity contribution in [3.05, 3.63) is 30.0 Å². The van der Waals surface area contributed by atoms with Gasteiger partial charge in [-0.2, -0.15) is 0 Å². The molecule has 6 heteroatoms. The third-order valence-electron chi connectivity index (χ3n) is 3.15. The van der Waals surface area contributed by atoms with Gasteiger partial charge in [-0.3, -0.25) is 0 Å². The van der Waals surface area contributed by atoms with Gasteiger partial charge in [-0.25, -0.2) is 0 Å². The van der Waals surface area contributed by atoms with Crippen molar-refractivity contribution in [3.63, 3.8) is 0 Å². The van der Waals surface area contributed by atoms with E-state index in [-0.39, 0.29) is 36.2 Å². The molecule has 1 aromatic heterocycles. The summed E-state index contributed by atoms with van der Waals surface area (Å²) in [6.45, 7) is -0.188. The maximum atomic E-state index is 11.1. The number of carboxylic acids is 1. The zero-order valence-corrected chi connectivity index (χ0v) is 12.7. The average molecular weight is 271 g/mol. The molecule has 0 saturated carbocycles. The molecule has 4 nitrogen and oxygen atoms in total. The van der Waals surface area contributed by atoms with Gasteiger partial charge in [0.05, 0.1) is 17.8 Å². The summed E-state index contributed by atoms with van der Waals surface area (Å²) in [5.41, 5.74) is 1.84. The SMILES string of the molecule is O=C([O-])[C@@H]1Sc2cccc3[nH]cc(c23)[C@@H]1CO.[Na+]. The van der Waals surface area contributed by atoms with Crippen molar-refractivity contribution in [2.45, 2.75) is 16.1 Å². The summed E-state index contributed by atoms with van der Waals surface area (Å²) in [5, 5.41) is 20.8. The molecular formula is C12H10NNaO3S. The van der Waals surface area contributed by atoms with Crippen molar-refractivity contribution in [1.82, 2.24) is 4.98 Å². The zero-order chi connectivity index (χ0) is 12.0. The molecule has 0 bridgehead atoms. The van der Waals surface area contributed by atoms with E-state index >= 15 is 0 Å². The number of carbonyl (C=O) groups is 1. The van der Waals surface area contributed by atoms with E-state index in [0.29, 0.717) is 0 Å². The predicted molar refractivity (Wildman–Crippen MR) is 62.8 cm³/mol. The Kier molecular flexibility index (Phi) is 4.08. The molecule has 2 heterocycles. The summed E-state index contributed by atoms with van der Waals surface area (Å²) in [6.07, 6.45) is 1.78. The molecule has 1 aromatic carbocycles. The third-order valence-corrected chi connectivity index (χ3v) is 4.51. The van der Waals surface area contributed by atoms with E-state index in [9.17, 15) is 15.0 Å². The Morgan fingerprint density at radius 3 is 2.94 bits per heavy atom. The number of rotatable bonds is 2. The van der Waals surface area contributed by atoms with E-state index in [2.05, 4.69) is 4.98 Å². The van der Waals surface area contributed by atoms with Gasteiger partial charge in [-0.15, -0.1) is 11.8 Å². The van der Waals surface area contributed by atoms with Crippen molar-refractivity contribution >= 4 is 28.6 Å². The fraction of sp³-hybridized carbons (Fsp3) is 0.250. The standard InChI is InChI=1S/C12H11NO3S.Na/c14-5-7-6-4-13-8-2-1-3-9(10(6)8)17-11(7)12(15)16;/h1-4,7,11,13-14H,5H2,(H,15,16);/q;+1/p-1/t7-,11+;/m0./s1. The molecule has 1 aliphatic heterocycles. The first-order valence-electron chi connectivity index (χ1n) is 5.30. The molecule has 3 rings (SSSR count). The van der Waals surface area contributed by atoms with Gasteiger partial charge in [-0.1, -0.05) is 6.07 Å². The number of carboxylic acid groups (broad SMARTS) is 1. The van der Waals surface area contributed by atoms with E-state index < -0.39 is 17.1 Å². The molecule has 0 spiro atoms. The van der Waals surface area contributed by atoms with Crippen LogP contribution in [0.1, 0.15) is 11.5 Å². The fourth-order valence-electron chi connectivity index (χ4n) is 2.36. The average Bonchev–Trinajstić information content (AvgIpc) is 2.75. The summed E-state index contributed by atoms with van der Waals surface area (Å²) < 4.78 is 0. The maximum Gasteiger partial charge on any atom is 1.00 e. The number of hydrogen-bond acceptors (Lipinski definition) is 4. The van der Waals surface area contributed by atoms with Crippen LogP contribution in [0.4, 0.5) is 0 Å². The minimum atomic E-state index is -1.13.